The maximum atomic E-state index is 14.1. The lowest BCUT2D eigenvalue weighted by atomic mass is 10.0. The molecule has 1 N–H and O–H groups in total. The van der Waals surface area contributed by atoms with E-state index in [9.17, 15) is 28.1 Å². The van der Waals surface area contributed by atoms with E-state index < -0.39 is 33.4 Å². The van der Waals surface area contributed by atoms with E-state index in [4.69, 9.17) is 11.6 Å². The summed E-state index contributed by atoms with van der Waals surface area (Å²) in [5.74, 6) is -0.960. The van der Waals surface area contributed by atoms with Crippen molar-refractivity contribution in [2.24, 2.45) is 0 Å². The molecule has 0 spiro atoms. The van der Waals surface area contributed by atoms with E-state index in [-0.39, 0.29) is 36.3 Å². The lowest BCUT2D eigenvalue weighted by Crippen LogP contribution is -2.54. The lowest BCUT2D eigenvalue weighted by molar-refractivity contribution is -0.384. The fraction of sp³-hybridized carbons (Fsp3) is 0.333. The van der Waals surface area contributed by atoms with Gasteiger partial charge in [-0.15, -0.1) is 0 Å². The smallest absolute Gasteiger partial charge is 0.271 e. The monoisotopic (exact) mass is 612 g/mol. The third-order valence-electron chi connectivity index (χ3n) is 7.25. The number of rotatable bonds is 12. The summed E-state index contributed by atoms with van der Waals surface area (Å²) in [6.07, 6.45) is 4.85. The van der Waals surface area contributed by atoms with Gasteiger partial charge in [-0.2, -0.15) is 0 Å². The number of nitro benzene ring substituents is 1. The van der Waals surface area contributed by atoms with Crippen molar-refractivity contribution in [2.75, 3.05) is 17.1 Å². The Hall–Kier alpha value is -3.96. The minimum Gasteiger partial charge on any atom is -0.352 e. The van der Waals surface area contributed by atoms with E-state index in [0.717, 1.165) is 47.9 Å². The minimum atomic E-state index is -4.05. The molecule has 4 rings (SSSR count). The number of nitro groups is 1. The van der Waals surface area contributed by atoms with Crippen molar-refractivity contribution in [2.45, 2.75) is 50.7 Å². The Morgan fingerprint density at radius 1 is 1.00 bits per heavy atom. The summed E-state index contributed by atoms with van der Waals surface area (Å²) in [5.41, 5.74) is 1.18. The molecule has 1 aliphatic carbocycles. The maximum absolute atomic E-state index is 14.1. The fourth-order valence-corrected chi connectivity index (χ4v) is 6.05. The van der Waals surface area contributed by atoms with Gasteiger partial charge in [-0.25, -0.2) is 8.42 Å². The van der Waals surface area contributed by atoms with Gasteiger partial charge >= 0.3 is 0 Å². The Labute approximate surface area is 250 Å². The van der Waals surface area contributed by atoms with Gasteiger partial charge in [-0.05, 0) is 42.2 Å². The first kappa shape index (κ1) is 31.0. The molecule has 0 heterocycles. The Bertz CT molecular complexity index is 1510. The number of carbonyl (C=O) groups excluding carboxylic acids is 2. The zero-order chi connectivity index (χ0) is 30.3. The van der Waals surface area contributed by atoms with Crippen molar-refractivity contribution in [3.8, 4) is 0 Å². The number of nitrogens with one attached hydrogen (secondary N) is 1. The molecular weight excluding hydrogens is 580 g/mol. The molecule has 1 aliphatic rings. The van der Waals surface area contributed by atoms with E-state index in [1.807, 2.05) is 30.3 Å². The van der Waals surface area contributed by atoms with Gasteiger partial charge in [0.2, 0.25) is 21.8 Å². The summed E-state index contributed by atoms with van der Waals surface area (Å²) >= 11 is 6.08. The highest BCUT2D eigenvalue weighted by atomic mass is 35.5. The van der Waals surface area contributed by atoms with Gasteiger partial charge in [0.05, 0.1) is 16.9 Å². The van der Waals surface area contributed by atoms with Crippen LogP contribution in [0.2, 0.25) is 5.02 Å². The van der Waals surface area contributed by atoms with Crippen LogP contribution in [-0.4, -0.2) is 54.9 Å². The number of hydrogen-bond donors (Lipinski definition) is 1. The van der Waals surface area contributed by atoms with E-state index in [1.165, 1.54) is 23.1 Å². The van der Waals surface area contributed by atoms with Crippen LogP contribution in [-0.2, 0) is 32.6 Å². The molecule has 0 saturated heterocycles. The van der Waals surface area contributed by atoms with Crippen molar-refractivity contribution in [3.05, 3.63) is 105 Å². The van der Waals surface area contributed by atoms with Gasteiger partial charge in [0.1, 0.15) is 12.6 Å². The summed E-state index contributed by atoms with van der Waals surface area (Å²) < 4.78 is 26.6. The molecule has 10 nitrogen and oxygen atoms in total. The molecule has 0 aliphatic heterocycles. The summed E-state index contributed by atoms with van der Waals surface area (Å²) in [6.45, 7) is -0.645. The number of halogens is 1. The van der Waals surface area contributed by atoms with E-state index in [1.54, 1.807) is 24.3 Å². The second-order valence-corrected chi connectivity index (χ2v) is 12.7. The predicted molar refractivity (Wildman–Crippen MR) is 162 cm³/mol. The topological polar surface area (TPSA) is 130 Å². The molecule has 0 unspecified atom stereocenters. The Kier molecular flexibility index (Phi) is 10.2. The Morgan fingerprint density at radius 2 is 1.67 bits per heavy atom. The molecule has 2 amide bonds. The Balaban J connectivity index is 1.73. The third-order valence-corrected chi connectivity index (χ3v) is 8.64. The zero-order valence-corrected chi connectivity index (χ0v) is 24.8. The highest BCUT2D eigenvalue weighted by Crippen LogP contribution is 2.25. The SMILES string of the molecule is CS(=O)(=O)N(CC(=O)N(Cc1ccc(Cl)cc1)[C@@H](Cc1ccccc1)C(=O)NC1CCCC1)c1cccc([N+](=O)[O-])c1. The summed E-state index contributed by atoms with van der Waals surface area (Å²) in [4.78, 5) is 40.1. The van der Waals surface area contributed by atoms with Crippen LogP contribution in [0.5, 0.6) is 0 Å². The summed E-state index contributed by atoms with van der Waals surface area (Å²) in [6, 6.07) is 20.3. The van der Waals surface area contributed by atoms with Crippen molar-refractivity contribution in [3.63, 3.8) is 0 Å². The molecule has 1 saturated carbocycles. The molecule has 1 atom stereocenters. The van der Waals surface area contributed by atoms with E-state index >= 15 is 0 Å². The van der Waals surface area contributed by atoms with Crippen molar-refractivity contribution in [1.82, 2.24) is 10.2 Å². The fourth-order valence-electron chi connectivity index (χ4n) is 5.08. The lowest BCUT2D eigenvalue weighted by Gasteiger charge is -2.34. The van der Waals surface area contributed by atoms with Crippen LogP contribution in [0.1, 0.15) is 36.8 Å². The van der Waals surface area contributed by atoms with Crippen LogP contribution in [0.15, 0.2) is 78.9 Å². The molecule has 1 fully saturated rings. The second-order valence-electron chi connectivity index (χ2n) is 10.4. The molecule has 0 aromatic heterocycles. The first-order chi connectivity index (χ1) is 20.0. The number of non-ortho nitro benzene ring substituents is 1. The van der Waals surface area contributed by atoms with Crippen LogP contribution in [0.3, 0.4) is 0 Å². The number of nitrogens with zero attached hydrogens (tertiary/aromatic N) is 3. The third kappa shape index (κ3) is 8.29. The molecule has 0 bridgehead atoms. The summed E-state index contributed by atoms with van der Waals surface area (Å²) in [7, 11) is -4.05. The number of anilines is 1. The highest BCUT2D eigenvalue weighted by molar-refractivity contribution is 7.92. The average Bonchev–Trinajstić information content (AvgIpc) is 3.47. The van der Waals surface area contributed by atoms with Crippen LogP contribution in [0.4, 0.5) is 11.4 Å². The van der Waals surface area contributed by atoms with Gasteiger partial charge in [-0.1, -0.05) is 73.0 Å². The standard InChI is InChI=1S/C30H33ClN4O6S/c1-42(40,41)34(26-12-7-13-27(19-26)35(38)39)21-29(36)33(20-23-14-16-24(31)17-15-23)28(18-22-8-3-2-4-9-22)30(37)32-25-10-5-6-11-25/h2-4,7-9,12-17,19,25,28H,5-6,10-11,18,20-21H2,1H3,(H,32,37)/t28-/m0/s1. The quantitative estimate of drug-likeness (QED) is 0.233. The van der Waals surface area contributed by atoms with Crippen LogP contribution in [0.25, 0.3) is 0 Å². The van der Waals surface area contributed by atoms with Gasteiger partial charge in [0.25, 0.3) is 5.69 Å². The highest BCUT2D eigenvalue weighted by Gasteiger charge is 2.34. The maximum Gasteiger partial charge on any atom is 0.271 e. The average molecular weight is 613 g/mol. The zero-order valence-electron chi connectivity index (χ0n) is 23.2. The normalized spacial score (nSPS) is 14.2. The van der Waals surface area contributed by atoms with Gasteiger partial charge in [0, 0.05) is 36.2 Å². The van der Waals surface area contributed by atoms with Gasteiger partial charge in [-0.3, -0.25) is 24.0 Å². The number of hydrogen-bond acceptors (Lipinski definition) is 6. The van der Waals surface area contributed by atoms with E-state index in [2.05, 4.69) is 5.32 Å². The minimum absolute atomic E-state index is 0.000596. The van der Waals surface area contributed by atoms with Crippen molar-refractivity contribution in [1.29, 1.82) is 0 Å². The number of amides is 2. The molecule has 3 aromatic rings. The first-order valence-corrected chi connectivity index (χ1v) is 15.8. The van der Waals surface area contributed by atoms with E-state index in [0.29, 0.717) is 10.6 Å². The second kappa shape index (κ2) is 13.8. The largest absolute Gasteiger partial charge is 0.352 e. The molecule has 12 heteroatoms. The predicted octanol–water partition coefficient (Wildman–Crippen LogP) is 4.71. The first-order valence-electron chi connectivity index (χ1n) is 13.6. The molecule has 42 heavy (non-hydrogen) atoms. The Morgan fingerprint density at radius 3 is 2.29 bits per heavy atom. The molecular formula is C30H33ClN4O6S. The van der Waals surface area contributed by atoms with Crippen LogP contribution >= 0.6 is 11.6 Å². The van der Waals surface area contributed by atoms with Crippen LogP contribution < -0.4 is 9.62 Å². The summed E-state index contributed by atoms with van der Waals surface area (Å²) in [5, 5.41) is 15.0. The molecule has 222 valence electrons. The number of sulfonamides is 1. The van der Waals surface area contributed by atoms with Crippen LogP contribution in [0, 0.1) is 10.1 Å². The number of benzene rings is 3. The number of carbonyl (C=O) groups is 2. The molecule has 3 aromatic carbocycles. The van der Waals surface area contributed by atoms with Gasteiger partial charge in [0.15, 0.2) is 0 Å². The van der Waals surface area contributed by atoms with Crippen molar-refractivity contribution < 1.29 is 22.9 Å². The van der Waals surface area contributed by atoms with Gasteiger partial charge < -0.3 is 10.2 Å². The van der Waals surface area contributed by atoms with Crippen molar-refractivity contribution >= 4 is 44.8 Å². The molecule has 0 radical (unpaired) electrons.